The largest absolute Gasteiger partial charge is 0.381 e. The molecule has 4 rings (SSSR count). The summed E-state index contributed by atoms with van der Waals surface area (Å²) in [5.74, 6) is 2.05. The molecule has 1 saturated heterocycles. The standard InChI is InChI=1S/C20H27ClN6S/c1-26(2)18-16(21)14(5-10-23-18)28-19-17(22)25-15(13-24-19)27-11-8-20(9-12-27)6-3-4-7-20/h5,10,13H,3-4,6-9,11-12H2,1-2H3,(H2,22,25). The highest BCUT2D eigenvalue weighted by Crippen LogP contribution is 2.46. The molecule has 2 aromatic rings. The molecule has 1 aliphatic heterocycles. The molecule has 28 heavy (non-hydrogen) atoms. The molecular formula is C20H27ClN6S. The monoisotopic (exact) mass is 418 g/mol. The van der Waals surface area contributed by atoms with Crippen LogP contribution in [-0.4, -0.2) is 42.1 Å². The quantitative estimate of drug-likeness (QED) is 0.784. The number of aromatic nitrogens is 3. The third-order valence-corrected chi connectivity index (χ3v) is 7.58. The van der Waals surface area contributed by atoms with Crippen LogP contribution >= 0.6 is 23.4 Å². The molecule has 0 atom stereocenters. The number of nitrogens with two attached hydrogens (primary N) is 1. The predicted octanol–water partition coefficient (Wildman–Crippen LogP) is 4.49. The average molecular weight is 419 g/mol. The Morgan fingerprint density at radius 2 is 1.86 bits per heavy atom. The second kappa shape index (κ2) is 7.95. The van der Waals surface area contributed by atoms with Gasteiger partial charge in [0.1, 0.15) is 16.7 Å². The van der Waals surface area contributed by atoms with Crippen LogP contribution < -0.4 is 15.5 Å². The highest BCUT2D eigenvalue weighted by Gasteiger charge is 2.37. The van der Waals surface area contributed by atoms with Gasteiger partial charge in [0.15, 0.2) is 5.82 Å². The highest BCUT2D eigenvalue weighted by atomic mass is 35.5. The lowest BCUT2D eigenvalue weighted by Gasteiger charge is -2.39. The van der Waals surface area contributed by atoms with E-state index in [0.29, 0.717) is 21.3 Å². The summed E-state index contributed by atoms with van der Waals surface area (Å²) in [5, 5.41) is 1.27. The van der Waals surface area contributed by atoms with Crippen molar-refractivity contribution in [2.24, 2.45) is 5.41 Å². The molecule has 0 radical (unpaired) electrons. The minimum absolute atomic E-state index is 0.447. The van der Waals surface area contributed by atoms with Gasteiger partial charge in [0.05, 0.1) is 11.2 Å². The number of nitrogens with zero attached hydrogens (tertiary/aromatic N) is 5. The van der Waals surface area contributed by atoms with Gasteiger partial charge in [0.2, 0.25) is 0 Å². The van der Waals surface area contributed by atoms with Crippen molar-refractivity contribution < 1.29 is 0 Å². The van der Waals surface area contributed by atoms with Crippen molar-refractivity contribution in [2.45, 2.75) is 48.4 Å². The van der Waals surface area contributed by atoms with Crippen LogP contribution in [0.1, 0.15) is 38.5 Å². The number of hydrogen-bond acceptors (Lipinski definition) is 7. The first-order valence-corrected chi connectivity index (χ1v) is 11.0. The van der Waals surface area contributed by atoms with Crippen molar-refractivity contribution in [1.29, 1.82) is 0 Å². The van der Waals surface area contributed by atoms with Crippen molar-refractivity contribution in [3.05, 3.63) is 23.5 Å². The number of anilines is 3. The van der Waals surface area contributed by atoms with Crippen molar-refractivity contribution in [3.8, 4) is 0 Å². The van der Waals surface area contributed by atoms with Crippen LogP contribution in [0.4, 0.5) is 17.5 Å². The maximum absolute atomic E-state index is 6.50. The molecule has 0 bridgehead atoms. The Bertz CT molecular complexity index is 843. The first-order valence-electron chi connectivity index (χ1n) is 9.85. The van der Waals surface area contributed by atoms with E-state index >= 15 is 0 Å². The van der Waals surface area contributed by atoms with Crippen molar-refractivity contribution in [1.82, 2.24) is 15.0 Å². The summed E-state index contributed by atoms with van der Waals surface area (Å²) in [5.41, 5.74) is 6.84. The van der Waals surface area contributed by atoms with Crippen LogP contribution in [0.25, 0.3) is 0 Å². The first kappa shape index (κ1) is 19.6. The van der Waals surface area contributed by atoms with Gasteiger partial charge in [0.25, 0.3) is 0 Å². The van der Waals surface area contributed by atoms with Crippen molar-refractivity contribution in [3.63, 3.8) is 0 Å². The molecule has 3 heterocycles. The Morgan fingerprint density at radius 1 is 1.14 bits per heavy atom. The maximum Gasteiger partial charge on any atom is 0.158 e. The zero-order valence-electron chi connectivity index (χ0n) is 16.5. The van der Waals surface area contributed by atoms with Gasteiger partial charge in [0, 0.05) is 38.3 Å². The molecule has 1 saturated carbocycles. The Hall–Kier alpha value is -1.73. The molecule has 150 valence electrons. The van der Waals surface area contributed by atoms with Crippen LogP contribution in [-0.2, 0) is 0 Å². The minimum Gasteiger partial charge on any atom is -0.381 e. The van der Waals surface area contributed by atoms with Crippen molar-refractivity contribution in [2.75, 3.05) is 42.7 Å². The summed E-state index contributed by atoms with van der Waals surface area (Å²) in [4.78, 5) is 18.6. The van der Waals surface area contributed by atoms with E-state index in [1.165, 1.54) is 50.3 Å². The second-order valence-corrected chi connectivity index (χ2v) is 9.46. The third kappa shape index (κ3) is 3.87. The average Bonchev–Trinajstić information content (AvgIpc) is 3.13. The van der Waals surface area contributed by atoms with E-state index in [1.54, 1.807) is 6.20 Å². The molecule has 2 aliphatic rings. The Kier molecular flexibility index (Phi) is 5.56. The maximum atomic E-state index is 6.50. The lowest BCUT2D eigenvalue weighted by molar-refractivity contribution is 0.226. The Labute approximate surface area is 175 Å². The lowest BCUT2D eigenvalue weighted by Crippen LogP contribution is -2.39. The zero-order chi connectivity index (χ0) is 19.7. The molecule has 8 heteroatoms. The summed E-state index contributed by atoms with van der Waals surface area (Å²) < 4.78 is 0. The molecule has 0 unspecified atom stereocenters. The first-order chi connectivity index (χ1) is 13.5. The van der Waals surface area contributed by atoms with Crippen LogP contribution in [0.2, 0.25) is 5.02 Å². The number of hydrogen-bond donors (Lipinski definition) is 1. The number of rotatable bonds is 4. The van der Waals surface area contributed by atoms with Gasteiger partial charge in [-0.1, -0.05) is 36.2 Å². The Morgan fingerprint density at radius 3 is 2.50 bits per heavy atom. The number of piperidine rings is 1. The molecular weight excluding hydrogens is 392 g/mol. The molecule has 0 amide bonds. The SMILES string of the molecule is CN(C)c1nccc(Sc2ncc(N3CCC4(CCCC4)CC3)nc2N)c1Cl. The van der Waals surface area contributed by atoms with Crippen LogP contribution in [0.5, 0.6) is 0 Å². The fourth-order valence-corrected chi connectivity index (χ4v) is 5.53. The van der Waals surface area contributed by atoms with Gasteiger partial charge >= 0.3 is 0 Å². The molecule has 1 spiro atoms. The van der Waals surface area contributed by atoms with Crippen LogP contribution in [0, 0.1) is 5.41 Å². The highest BCUT2D eigenvalue weighted by molar-refractivity contribution is 7.99. The normalized spacial score (nSPS) is 18.6. The summed E-state index contributed by atoms with van der Waals surface area (Å²) in [7, 11) is 3.83. The predicted molar refractivity (Wildman–Crippen MR) is 116 cm³/mol. The number of halogens is 1. The van der Waals surface area contributed by atoms with E-state index in [4.69, 9.17) is 17.3 Å². The fraction of sp³-hybridized carbons (Fsp3) is 0.550. The smallest absolute Gasteiger partial charge is 0.158 e. The summed E-state index contributed by atoms with van der Waals surface area (Å²) in [6.45, 7) is 2.09. The van der Waals surface area contributed by atoms with Gasteiger partial charge < -0.3 is 15.5 Å². The molecule has 0 aromatic carbocycles. The van der Waals surface area contributed by atoms with Gasteiger partial charge in [-0.25, -0.2) is 15.0 Å². The zero-order valence-corrected chi connectivity index (χ0v) is 18.1. The summed E-state index contributed by atoms with van der Waals surface area (Å²) >= 11 is 7.92. The van der Waals surface area contributed by atoms with Gasteiger partial charge in [-0.2, -0.15) is 0 Å². The molecule has 1 aliphatic carbocycles. The topological polar surface area (TPSA) is 71.2 Å². The number of nitrogen functional groups attached to an aromatic ring is 1. The van der Waals surface area contributed by atoms with E-state index in [2.05, 4.69) is 19.9 Å². The van der Waals surface area contributed by atoms with Crippen molar-refractivity contribution >= 4 is 40.8 Å². The number of pyridine rings is 1. The third-order valence-electron chi connectivity index (χ3n) is 6.03. The summed E-state index contributed by atoms with van der Waals surface area (Å²) in [6.07, 6.45) is 11.7. The molecule has 2 N–H and O–H groups in total. The summed E-state index contributed by atoms with van der Waals surface area (Å²) in [6, 6.07) is 1.88. The van der Waals surface area contributed by atoms with E-state index < -0.39 is 0 Å². The van der Waals surface area contributed by atoms with E-state index in [1.807, 2.05) is 31.3 Å². The fourth-order valence-electron chi connectivity index (χ4n) is 4.36. The van der Waals surface area contributed by atoms with Crippen LogP contribution in [0.3, 0.4) is 0 Å². The van der Waals surface area contributed by atoms with Gasteiger partial charge in [-0.15, -0.1) is 0 Å². The van der Waals surface area contributed by atoms with E-state index in [9.17, 15) is 0 Å². The van der Waals surface area contributed by atoms with E-state index in [-0.39, 0.29) is 0 Å². The molecule has 6 nitrogen and oxygen atoms in total. The van der Waals surface area contributed by atoms with Gasteiger partial charge in [-0.05, 0) is 37.2 Å². The molecule has 2 fully saturated rings. The second-order valence-electron chi connectivity index (χ2n) is 8.06. The Balaban J connectivity index is 1.47. The van der Waals surface area contributed by atoms with Crippen LogP contribution in [0.15, 0.2) is 28.4 Å². The molecule has 2 aromatic heterocycles. The lowest BCUT2D eigenvalue weighted by atomic mass is 9.77. The minimum atomic E-state index is 0.447. The van der Waals surface area contributed by atoms with Gasteiger partial charge in [-0.3, -0.25) is 0 Å². The van der Waals surface area contributed by atoms with E-state index in [0.717, 1.165) is 29.6 Å².